The fourth-order valence-electron chi connectivity index (χ4n) is 4.17. The van der Waals surface area contributed by atoms with Gasteiger partial charge < -0.3 is 9.30 Å². The largest absolute Gasteiger partial charge is 0.489 e. The van der Waals surface area contributed by atoms with Crippen LogP contribution in [0.2, 0.25) is 0 Å². The molecule has 1 N–H and O–H groups in total. The van der Waals surface area contributed by atoms with Gasteiger partial charge in [0.25, 0.3) is 0 Å². The van der Waals surface area contributed by atoms with Crippen LogP contribution < -0.4 is 4.74 Å². The van der Waals surface area contributed by atoms with Gasteiger partial charge in [0.1, 0.15) is 28.0 Å². The molecule has 36 heavy (non-hydrogen) atoms. The molecule has 0 aliphatic rings. The van der Waals surface area contributed by atoms with Gasteiger partial charge in [0, 0.05) is 23.1 Å². The van der Waals surface area contributed by atoms with Gasteiger partial charge in [-0.05, 0) is 28.1 Å². The van der Waals surface area contributed by atoms with Gasteiger partial charge in [0.2, 0.25) is 0 Å². The number of thiazole rings is 1. The highest BCUT2D eigenvalue weighted by Gasteiger charge is 2.16. The molecule has 0 aliphatic heterocycles. The fourth-order valence-corrected chi connectivity index (χ4v) is 5.21. The van der Waals surface area contributed by atoms with Gasteiger partial charge in [0.05, 0.1) is 6.54 Å². The first-order valence-corrected chi connectivity index (χ1v) is 12.5. The van der Waals surface area contributed by atoms with Crippen LogP contribution in [-0.2, 0) is 19.6 Å². The number of hydrogen-bond donors (Lipinski definition) is 1. The minimum atomic E-state index is 0.418. The van der Waals surface area contributed by atoms with Crippen molar-refractivity contribution in [3.8, 4) is 27.7 Å². The lowest BCUT2D eigenvalue weighted by molar-refractivity contribution is 0.306. The molecule has 0 spiro atoms. The van der Waals surface area contributed by atoms with Crippen LogP contribution in [0, 0.1) is 0 Å². The fraction of sp³-hybridized carbons (Fsp3) is 0.148. The molecule has 0 fully saturated rings. The third-order valence-corrected chi connectivity index (χ3v) is 7.11. The van der Waals surface area contributed by atoms with Crippen molar-refractivity contribution in [2.45, 2.75) is 26.5 Å². The number of aromatic nitrogens is 7. The molecule has 0 amide bonds. The molecule has 9 heteroatoms. The molecule has 3 aromatic heterocycles. The Morgan fingerprint density at radius 3 is 2.50 bits per heavy atom. The number of imidazole rings is 1. The van der Waals surface area contributed by atoms with E-state index in [1.807, 2.05) is 54.6 Å². The summed E-state index contributed by atoms with van der Waals surface area (Å²) in [5.41, 5.74) is 5.05. The maximum absolute atomic E-state index is 6.08. The normalized spacial score (nSPS) is 11.2. The molecule has 8 nitrogen and oxygen atoms in total. The zero-order valence-corrected chi connectivity index (χ0v) is 20.4. The molecule has 6 aromatic rings. The number of aromatic amines is 1. The van der Waals surface area contributed by atoms with Crippen LogP contribution in [0.15, 0.2) is 78.9 Å². The molecular formula is C27H23N7OS. The lowest BCUT2D eigenvalue weighted by atomic mass is 10.1. The Hall–Kier alpha value is -4.37. The van der Waals surface area contributed by atoms with Crippen molar-refractivity contribution in [1.29, 1.82) is 0 Å². The number of benzene rings is 3. The van der Waals surface area contributed by atoms with Gasteiger partial charge >= 0.3 is 0 Å². The van der Waals surface area contributed by atoms with Crippen LogP contribution in [-0.4, -0.2) is 35.2 Å². The molecule has 178 valence electrons. The Bertz CT molecular complexity index is 1590. The van der Waals surface area contributed by atoms with Crippen molar-refractivity contribution >= 4 is 21.8 Å². The molecule has 0 radical (unpaired) electrons. The predicted octanol–water partition coefficient (Wildman–Crippen LogP) is 5.53. The number of nitrogens with one attached hydrogen (secondary N) is 1. The number of tetrazole rings is 1. The van der Waals surface area contributed by atoms with Gasteiger partial charge in [-0.2, -0.15) is 0 Å². The number of nitrogens with zero attached hydrogens (tertiary/aromatic N) is 6. The average molecular weight is 494 g/mol. The van der Waals surface area contributed by atoms with Gasteiger partial charge in [-0.25, -0.2) is 15.1 Å². The summed E-state index contributed by atoms with van der Waals surface area (Å²) in [5.74, 6) is 2.48. The van der Waals surface area contributed by atoms with Gasteiger partial charge in [-0.3, -0.25) is 0 Å². The standard InChI is InChI=1S/C27H23N7OS/c1-2-23-28-25-27(36-26(29-25)19-8-4-3-5-9-19)34(23)16-18-12-14-21(15-13-18)35-17-20-10-6-7-11-22(20)24-30-32-33-31-24/h3-15H,2,16-17H2,1H3,(H,30,31,32,33). The van der Waals surface area contributed by atoms with E-state index in [1.165, 1.54) is 5.56 Å². The molecule has 0 aliphatic carbocycles. The second kappa shape index (κ2) is 9.71. The zero-order chi connectivity index (χ0) is 24.3. The van der Waals surface area contributed by atoms with E-state index in [0.29, 0.717) is 12.4 Å². The lowest BCUT2D eigenvalue weighted by Gasteiger charge is -2.11. The van der Waals surface area contributed by atoms with E-state index in [1.54, 1.807) is 11.3 Å². The summed E-state index contributed by atoms with van der Waals surface area (Å²) >= 11 is 1.69. The van der Waals surface area contributed by atoms with Crippen molar-refractivity contribution in [1.82, 2.24) is 35.2 Å². The molecule has 0 bridgehead atoms. The van der Waals surface area contributed by atoms with E-state index in [2.05, 4.69) is 56.4 Å². The van der Waals surface area contributed by atoms with E-state index >= 15 is 0 Å². The second-order valence-corrected chi connectivity index (χ2v) is 9.30. The quantitative estimate of drug-likeness (QED) is 0.300. The van der Waals surface area contributed by atoms with Crippen molar-refractivity contribution in [3.63, 3.8) is 0 Å². The summed E-state index contributed by atoms with van der Waals surface area (Å²) in [4.78, 5) is 10.7. The van der Waals surface area contributed by atoms with Crippen LogP contribution in [0.1, 0.15) is 23.9 Å². The molecule has 3 aromatic carbocycles. The third kappa shape index (κ3) is 4.36. The Kier molecular flexibility index (Phi) is 5.96. The molecular weight excluding hydrogens is 470 g/mol. The number of fused-ring (bicyclic) bond motifs is 1. The maximum atomic E-state index is 6.08. The summed E-state index contributed by atoms with van der Waals surface area (Å²) < 4.78 is 8.35. The highest BCUT2D eigenvalue weighted by Crippen LogP contribution is 2.31. The summed E-state index contributed by atoms with van der Waals surface area (Å²) in [6, 6.07) is 26.4. The lowest BCUT2D eigenvalue weighted by Crippen LogP contribution is -2.04. The van der Waals surface area contributed by atoms with E-state index in [9.17, 15) is 0 Å². The van der Waals surface area contributed by atoms with Crippen molar-refractivity contribution in [3.05, 3.63) is 95.8 Å². The summed E-state index contributed by atoms with van der Waals surface area (Å²) in [5, 5.41) is 15.2. The first kappa shape index (κ1) is 22.1. The van der Waals surface area contributed by atoms with Crippen LogP contribution in [0.25, 0.3) is 32.4 Å². The van der Waals surface area contributed by atoms with E-state index < -0.39 is 0 Å². The second-order valence-electron chi connectivity index (χ2n) is 8.32. The maximum Gasteiger partial charge on any atom is 0.190 e. The molecule has 6 rings (SSSR count). The Morgan fingerprint density at radius 1 is 0.917 bits per heavy atom. The Balaban J connectivity index is 1.19. The number of H-pyrrole nitrogens is 1. The first-order valence-electron chi connectivity index (χ1n) is 11.7. The molecule has 0 saturated heterocycles. The predicted molar refractivity (Wildman–Crippen MR) is 140 cm³/mol. The monoisotopic (exact) mass is 493 g/mol. The molecule has 0 atom stereocenters. The number of rotatable bonds is 8. The third-order valence-electron chi connectivity index (χ3n) is 6.00. The topological polar surface area (TPSA) is 94.4 Å². The average Bonchev–Trinajstić information content (AvgIpc) is 3.67. The van der Waals surface area contributed by atoms with Crippen LogP contribution >= 0.6 is 11.3 Å². The van der Waals surface area contributed by atoms with Crippen LogP contribution in [0.3, 0.4) is 0 Å². The van der Waals surface area contributed by atoms with E-state index in [-0.39, 0.29) is 0 Å². The first-order chi connectivity index (χ1) is 17.8. The zero-order valence-electron chi connectivity index (χ0n) is 19.6. The van der Waals surface area contributed by atoms with E-state index in [0.717, 1.165) is 56.7 Å². The van der Waals surface area contributed by atoms with Crippen LogP contribution in [0.4, 0.5) is 0 Å². The smallest absolute Gasteiger partial charge is 0.190 e. The number of hydrogen-bond acceptors (Lipinski definition) is 7. The number of aryl methyl sites for hydroxylation is 1. The number of ether oxygens (including phenoxy) is 1. The Labute approximate surface area is 211 Å². The highest BCUT2D eigenvalue weighted by molar-refractivity contribution is 7.21. The molecule has 3 heterocycles. The minimum absolute atomic E-state index is 0.418. The molecule has 0 unspecified atom stereocenters. The van der Waals surface area contributed by atoms with Crippen molar-refractivity contribution in [2.24, 2.45) is 0 Å². The summed E-state index contributed by atoms with van der Waals surface area (Å²) in [6.07, 6.45) is 0.852. The van der Waals surface area contributed by atoms with E-state index in [4.69, 9.17) is 14.7 Å². The molecule has 0 saturated carbocycles. The summed E-state index contributed by atoms with van der Waals surface area (Å²) in [6.45, 7) is 3.28. The van der Waals surface area contributed by atoms with Gasteiger partial charge in [0.15, 0.2) is 11.5 Å². The Morgan fingerprint density at radius 2 is 1.72 bits per heavy atom. The SMILES string of the molecule is CCc1nc2nc(-c3ccccc3)sc2n1Cc1ccc(OCc2ccccc2-c2nnn[nH]2)cc1. The minimum Gasteiger partial charge on any atom is -0.489 e. The van der Waals surface area contributed by atoms with Crippen molar-refractivity contribution in [2.75, 3.05) is 0 Å². The van der Waals surface area contributed by atoms with Crippen LogP contribution in [0.5, 0.6) is 5.75 Å². The summed E-state index contributed by atoms with van der Waals surface area (Å²) in [7, 11) is 0. The van der Waals surface area contributed by atoms with Gasteiger partial charge in [-0.1, -0.05) is 85.0 Å². The highest BCUT2D eigenvalue weighted by atomic mass is 32.1. The van der Waals surface area contributed by atoms with Crippen molar-refractivity contribution < 1.29 is 4.74 Å². The van der Waals surface area contributed by atoms with Gasteiger partial charge in [-0.15, -0.1) is 5.10 Å².